The number of carbonyl (C=O) groups excluding carboxylic acids is 1. The van der Waals surface area contributed by atoms with Gasteiger partial charge in [-0.15, -0.1) is 11.8 Å². The topological polar surface area (TPSA) is 61.0 Å². The lowest BCUT2D eigenvalue weighted by Gasteiger charge is -2.36. The van der Waals surface area contributed by atoms with Crippen LogP contribution in [0, 0.1) is 5.92 Å². The third-order valence-corrected chi connectivity index (χ3v) is 8.44. The Morgan fingerprint density at radius 3 is 2.76 bits per heavy atom. The number of thiazole rings is 1. The zero-order valence-corrected chi connectivity index (χ0v) is 21.8. The monoisotopic (exact) mass is 484 g/mol. The summed E-state index contributed by atoms with van der Waals surface area (Å²) in [4.78, 5) is 23.3. The summed E-state index contributed by atoms with van der Waals surface area (Å²) in [6.45, 7) is 9.65. The molecule has 0 unspecified atom stereocenters. The van der Waals surface area contributed by atoms with E-state index in [4.69, 9.17) is 0 Å². The van der Waals surface area contributed by atoms with Crippen LogP contribution in [0.1, 0.15) is 65.4 Å². The third-order valence-electron chi connectivity index (χ3n) is 6.31. The number of para-hydroxylation sites is 1. The second-order valence-corrected chi connectivity index (χ2v) is 13.4. The summed E-state index contributed by atoms with van der Waals surface area (Å²) >= 11 is 3.35. The molecule has 0 radical (unpaired) electrons. The number of aromatic nitrogens is 2. The molecule has 4 rings (SSSR count). The average molecular weight is 485 g/mol. The van der Waals surface area contributed by atoms with E-state index in [1.807, 2.05) is 6.20 Å². The first kappa shape index (κ1) is 24.1. The highest BCUT2D eigenvalue weighted by Gasteiger charge is 2.28. The fraction of sp³-hybridized carbons (Fsp3) is 0.538. The molecule has 0 bridgehead atoms. The number of hydrogen-bond acceptors (Lipinski definition) is 4. The molecule has 2 N–H and O–H groups in total. The van der Waals surface area contributed by atoms with Crippen molar-refractivity contribution < 1.29 is 4.79 Å². The number of aryl methyl sites for hydroxylation is 1. The third kappa shape index (κ3) is 6.54. The molecule has 2 amide bonds. The van der Waals surface area contributed by atoms with Crippen LogP contribution >= 0.6 is 23.1 Å². The number of carbonyl (C=O) groups is 1. The first-order chi connectivity index (χ1) is 15.8. The van der Waals surface area contributed by atoms with Crippen molar-refractivity contribution in [2.75, 3.05) is 11.9 Å². The number of H-pyrrole nitrogens is 1. The van der Waals surface area contributed by atoms with Crippen LogP contribution in [0.3, 0.4) is 0 Å². The summed E-state index contributed by atoms with van der Waals surface area (Å²) in [5.74, 6) is 0.758. The lowest BCUT2D eigenvalue weighted by atomic mass is 9.86. The van der Waals surface area contributed by atoms with Gasteiger partial charge in [-0.05, 0) is 56.1 Å². The minimum Gasteiger partial charge on any atom is -0.361 e. The first-order valence-corrected chi connectivity index (χ1v) is 13.7. The number of thioether (sulfide) groups is 1. The number of aromatic amines is 1. The Bertz CT molecular complexity index is 1060. The fourth-order valence-electron chi connectivity index (χ4n) is 4.61. The van der Waals surface area contributed by atoms with E-state index in [1.54, 1.807) is 23.1 Å². The molecule has 5 nitrogen and oxygen atoms in total. The van der Waals surface area contributed by atoms with Crippen LogP contribution in [0.5, 0.6) is 0 Å². The van der Waals surface area contributed by atoms with E-state index in [-0.39, 0.29) is 10.8 Å². The highest BCUT2D eigenvalue weighted by atomic mass is 32.2. The van der Waals surface area contributed by atoms with Gasteiger partial charge < -0.3 is 9.88 Å². The molecule has 2 aromatic heterocycles. The van der Waals surface area contributed by atoms with Crippen LogP contribution in [0.25, 0.3) is 10.9 Å². The smallest absolute Gasteiger partial charge is 0.323 e. The molecule has 2 heterocycles. The zero-order chi connectivity index (χ0) is 23.4. The molecule has 1 aromatic carbocycles. The Kier molecular flexibility index (Phi) is 7.69. The number of anilines is 1. The predicted molar refractivity (Wildman–Crippen MR) is 141 cm³/mol. The maximum absolute atomic E-state index is 13.4. The van der Waals surface area contributed by atoms with E-state index in [2.05, 4.69) is 78.3 Å². The molecule has 3 aromatic rings. The van der Waals surface area contributed by atoms with Gasteiger partial charge in [0.2, 0.25) is 0 Å². The van der Waals surface area contributed by atoms with E-state index in [9.17, 15) is 4.79 Å². The second kappa shape index (κ2) is 10.5. The minimum absolute atomic E-state index is 0.00450. The van der Waals surface area contributed by atoms with E-state index in [1.165, 1.54) is 29.3 Å². The highest BCUT2D eigenvalue weighted by molar-refractivity contribution is 8.02. The van der Waals surface area contributed by atoms with Crippen LogP contribution in [0.2, 0.25) is 0 Å². The lowest BCUT2D eigenvalue weighted by Crippen LogP contribution is -2.45. The molecule has 1 fully saturated rings. The SMILES string of the molecule is CC1CCC(N(CCCc2c[nH]c3ccccc23)C(=O)Nc2ncc(SC(C)(C)C)s2)CC1. The summed E-state index contributed by atoms with van der Waals surface area (Å²) in [5, 5.41) is 5.08. The Morgan fingerprint density at radius 2 is 2.00 bits per heavy atom. The van der Waals surface area contributed by atoms with Gasteiger partial charge in [0, 0.05) is 34.4 Å². The van der Waals surface area contributed by atoms with Crippen molar-refractivity contribution in [1.82, 2.24) is 14.9 Å². The van der Waals surface area contributed by atoms with Gasteiger partial charge in [-0.3, -0.25) is 5.32 Å². The molecule has 0 saturated heterocycles. The number of fused-ring (bicyclic) bond motifs is 1. The fourth-order valence-corrected chi connectivity index (χ4v) is 7.01. The standard InChI is InChI=1S/C26H36N4OS2/c1-18-11-13-20(14-12-18)30(15-7-8-19-16-27-22-10-6-5-9-21(19)22)25(31)29-24-28-17-23(32-24)33-26(2,3)4/h5-6,9-10,16-18,20,27H,7-8,11-15H2,1-4H3,(H,28,29,31). The van der Waals surface area contributed by atoms with Crippen LogP contribution in [0.4, 0.5) is 9.93 Å². The first-order valence-electron chi connectivity index (χ1n) is 12.1. The molecule has 33 heavy (non-hydrogen) atoms. The maximum Gasteiger partial charge on any atom is 0.323 e. The van der Waals surface area contributed by atoms with E-state index >= 15 is 0 Å². The molecule has 178 valence electrons. The molecule has 1 saturated carbocycles. The molecule has 1 aliphatic carbocycles. The van der Waals surface area contributed by atoms with Gasteiger partial charge in [0.1, 0.15) is 0 Å². The Balaban J connectivity index is 1.41. The van der Waals surface area contributed by atoms with Gasteiger partial charge in [0.05, 0.1) is 10.4 Å². The Hall–Kier alpha value is -1.99. The predicted octanol–water partition coefficient (Wildman–Crippen LogP) is 7.56. The average Bonchev–Trinajstić information content (AvgIpc) is 3.37. The minimum atomic E-state index is -0.00450. The normalized spacial score (nSPS) is 19.0. The quantitative estimate of drug-likeness (QED) is 0.340. The largest absolute Gasteiger partial charge is 0.361 e. The molecule has 1 aliphatic rings. The van der Waals surface area contributed by atoms with Crippen LogP contribution < -0.4 is 5.32 Å². The van der Waals surface area contributed by atoms with E-state index in [0.29, 0.717) is 11.2 Å². The number of benzene rings is 1. The molecule has 0 atom stereocenters. The van der Waals surface area contributed by atoms with Gasteiger partial charge in [0.15, 0.2) is 5.13 Å². The lowest BCUT2D eigenvalue weighted by molar-refractivity contribution is 0.155. The summed E-state index contributed by atoms with van der Waals surface area (Å²) < 4.78 is 1.26. The van der Waals surface area contributed by atoms with Gasteiger partial charge >= 0.3 is 6.03 Å². The summed E-state index contributed by atoms with van der Waals surface area (Å²) in [6.07, 6.45) is 10.5. The van der Waals surface area contributed by atoms with Crippen molar-refractivity contribution in [3.05, 3.63) is 42.2 Å². The van der Waals surface area contributed by atoms with Crippen molar-refractivity contribution in [2.45, 2.75) is 81.2 Å². The van der Waals surface area contributed by atoms with Crippen molar-refractivity contribution >= 4 is 45.2 Å². The second-order valence-electron chi connectivity index (χ2n) is 10.2. The zero-order valence-electron chi connectivity index (χ0n) is 20.2. The Morgan fingerprint density at radius 1 is 1.24 bits per heavy atom. The Labute approximate surface area is 205 Å². The van der Waals surface area contributed by atoms with Crippen molar-refractivity contribution in [2.24, 2.45) is 5.92 Å². The number of nitrogens with zero attached hydrogens (tertiary/aromatic N) is 2. The van der Waals surface area contributed by atoms with Gasteiger partial charge in [-0.25, -0.2) is 9.78 Å². The molecule has 0 spiro atoms. The van der Waals surface area contributed by atoms with Crippen LogP contribution in [-0.2, 0) is 6.42 Å². The number of urea groups is 1. The summed E-state index contributed by atoms with van der Waals surface area (Å²) in [5.41, 5.74) is 2.50. The van der Waals surface area contributed by atoms with Crippen LogP contribution in [0.15, 0.2) is 40.9 Å². The summed E-state index contributed by atoms with van der Waals surface area (Å²) in [7, 11) is 0. The maximum atomic E-state index is 13.4. The van der Waals surface area contributed by atoms with Crippen LogP contribution in [-0.4, -0.2) is 38.2 Å². The summed E-state index contributed by atoms with van der Waals surface area (Å²) in [6, 6.07) is 8.74. The molecular formula is C26H36N4OS2. The number of amides is 2. The number of nitrogens with one attached hydrogen (secondary N) is 2. The van der Waals surface area contributed by atoms with Gasteiger partial charge in [-0.1, -0.05) is 57.2 Å². The molecular weight excluding hydrogens is 448 g/mol. The van der Waals surface area contributed by atoms with E-state index in [0.717, 1.165) is 42.4 Å². The number of rotatable bonds is 7. The highest BCUT2D eigenvalue weighted by Crippen LogP contribution is 2.37. The van der Waals surface area contributed by atoms with Crippen molar-refractivity contribution in [1.29, 1.82) is 0 Å². The van der Waals surface area contributed by atoms with Gasteiger partial charge in [0.25, 0.3) is 0 Å². The van der Waals surface area contributed by atoms with Crippen molar-refractivity contribution in [3.8, 4) is 0 Å². The van der Waals surface area contributed by atoms with Crippen molar-refractivity contribution in [3.63, 3.8) is 0 Å². The van der Waals surface area contributed by atoms with E-state index < -0.39 is 0 Å². The van der Waals surface area contributed by atoms with Gasteiger partial charge in [-0.2, -0.15) is 0 Å². The number of hydrogen-bond donors (Lipinski definition) is 2. The molecule has 7 heteroatoms. The molecule has 0 aliphatic heterocycles.